The zero-order valence-electron chi connectivity index (χ0n) is 14.6. The summed E-state index contributed by atoms with van der Waals surface area (Å²) in [6.45, 7) is 2.10. The fraction of sp³-hybridized carbons (Fsp3) is 0.150. The molecule has 0 aliphatic rings. The third kappa shape index (κ3) is 5.21. The van der Waals surface area contributed by atoms with Crippen LogP contribution in [0.25, 0.3) is 0 Å². The second-order valence-electron chi connectivity index (χ2n) is 5.89. The number of ether oxygens (including phenoxy) is 1. The van der Waals surface area contributed by atoms with E-state index in [4.69, 9.17) is 4.74 Å². The quantitative estimate of drug-likeness (QED) is 0.634. The van der Waals surface area contributed by atoms with Gasteiger partial charge in [-0.25, -0.2) is 9.18 Å². The number of hydrogen-bond acceptors (Lipinski definition) is 4. The molecule has 1 amide bonds. The Morgan fingerprint density at radius 3 is 2.70 bits per heavy atom. The van der Waals surface area contributed by atoms with Gasteiger partial charge in [0.2, 0.25) is 0 Å². The van der Waals surface area contributed by atoms with Gasteiger partial charge in [-0.2, -0.15) is 4.99 Å². The van der Waals surface area contributed by atoms with Crippen LogP contribution < -0.4 is 4.80 Å². The minimum atomic E-state index is -0.767. The van der Waals surface area contributed by atoms with E-state index < -0.39 is 24.3 Å². The lowest BCUT2D eigenvalue weighted by Gasteiger charge is -2.04. The van der Waals surface area contributed by atoms with Crippen LogP contribution in [0.1, 0.15) is 21.5 Å². The predicted molar refractivity (Wildman–Crippen MR) is 99.8 cm³/mol. The number of hydrogen-bond donors (Lipinski definition) is 0. The summed E-state index contributed by atoms with van der Waals surface area (Å²) in [5.74, 6) is -1.90. The molecule has 0 fully saturated rings. The summed E-state index contributed by atoms with van der Waals surface area (Å²) < 4.78 is 19.9. The third-order valence-electron chi connectivity index (χ3n) is 3.74. The molecule has 0 saturated heterocycles. The summed E-state index contributed by atoms with van der Waals surface area (Å²) in [4.78, 5) is 28.4. The van der Waals surface area contributed by atoms with Gasteiger partial charge in [0.25, 0.3) is 5.91 Å². The molecule has 0 aliphatic carbocycles. The summed E-state index contributed by atoms with van der Waals surface area (Å²) in [5, 5.41) is 1.83. The van der Waals surface area contributed by atoms with E-state index in [0.29, 0.717) is 11.3 Å². The van der Waals surface area contributed by atoms with Crippen LogP contribution in [0.5, 0.6) is 0 Å². The first-order valence-electron chi connectivity index (χ1n) is 8.21. The first kappa shape index (κ1) is 18.7. The highest BCUT2D eigenvalue weighted by atomic mass is 32.1. The molecular weight excluding hydrogens is 367 g/mol. The summed E-state index contributed by atoms with van der Waals surface area (Å²) in [5.41, 5.74) is 2.31. The van der Waals surface area contributed by atoms with Crippen LogP contribution in [0.3, 0.4) is 0 Å². The molecule has 27 heavy (non-hydrogen) atoms. The lowest BCUT2D eigenvalue weighted by atomic mass is 10.1. The average Bonchev–Trinajstić information content (AvgIpc) is 3.08. The lowest BCUT2D eigenvalue weighted by Crippen LogP contribution is -2.20. The maximum absolute atomic E-state index is 13.1. The molecule has 138 valence electrons. The van der Waals surface area contributed by atoms with Gasteiger partial charge in [-0.1, -0.05) is 35.9 Å². The topological polar surface area (TPSA) is 60.7 Å². The van der Waals surface area contributed by atoms with Gasteiger partial charge in [0.1, 0.15) is 5.82 Å². The number of nitrogens with zero attached hydrogens (tertiary/aromatic N) is 2. The zero-order chi connectivity index (χ0) is 19.2. The second kappa shape index (κ2) is 8.55. The number of amides is 1. The molecule has 5 nitrogen and oxygen atoms in total. The maximum atomic E-state index is 13.1. The first-order chi connectivity index (χ1) is 13.0. The number of esters is 1. The van der Waals surface area contributed by atoms with Crippen molar-refractivity contribution >= 4 is 23.2 Å². The molecule has 3 aromatic rings. The minimum absolute atomic E-state index is 0.0494. The van der Waals surface area contributed by atoms with E-state index in [-0.39, 0.29) is 5.56 Å². The number of aryl methyl sites for hydroxylation is 1. The monoisotopic (exact) mass is 384 g/mol. The van der Waals surface area contributed by atoms with Crippen molar-refractivity contribution in [2.45, 2.75) is 13.5 Å². The van der Waals surface area contributed by atoms with E-state index in [2.05, 4.69) is 4.99 Å². The average molecular weight is 384 g/mol. The van der Waals surface area contributed by atoms with Crippen molar-refractivity contribution in [3.05, 3.63) is 87.4 Å². The highest BCUT2D eigenvalue weighted by Crippen LogP contribution is 2.06. The Balaban J connectivity index is 1.65. The summed E-state index contributed by atoms with van der Waals surface area (Å²) in [7, 11) is 0. The molecule has 0 bridgehead atoms. The minimum Gasteiger partial charge on any atom is -0.452 e. The number of thiazole rings is 1. The Bertz CT molecular complexity index is 1020. The molecule has 0 aliphatic heterocycles. The van der Waals surface area contributed by atoms with Gasteiger partial charge < -0.3 is 9.30 Å². The number of benzene rings is 2. The van der Waals surface area contributed by atoms with E-state index in [1.54, 1.807) is 0 Å². The molecule has 3 rings (SSSR count). The maximum Gasteiger partial charge on any atom is 0.338 e. The smallest absolute Gasteiger partial charge is 0.338 e. The molecule has 0 N–H and O–H groups in total. The Hall–Kier alpha value is -3.06. The highest BCUT2D eigenvalue weighted by molar-refractivity contribution is 7.07. The zero-order valence-corrected chi connectivity index (χ0v) is 15.4. The van der Waals surface area contributed by atoms with Crippen molar-refractivity contribution < 1.29 is 18.7 Å². The van der Waals surface area contributed by atoms with Crippen LogP contribution in [-0.4, -0.2) is 23.1 Å². The molecule has 7 heteroatoms. The van der Waals surface area contributed by atoms with Crippen LogP contribution in [0.15, 0.2) is 65.1 Å². The Morgan fingerprint density at radius 1 is 1.19 bits per heavy atom. The number of rotatable bonds is 5. The van der Waals surface area contributed by atoms with Gasteiger partial charge in [-0.15, -0.1) is 11.3 Å². The summed E-state index contributed by atoms with van der Waals surface area (Å²) in [6.07, 6.45) is 1.84. The van der Waals surface area contributed by atoms with Crippen molar-refractivity contribution in [1.82, 2.24) is 4.57 Å². The van der Waals surface area contributed by atoms with Gasteiger partial charge in [0, 0.05) is 18.1 Å². The lowest BCUT2D eigenvalue weighted by molar-refractivity contribution is -0.121. The van der Waals surface area contributed by atoms with Crippen molar-refractivity contribution in [3.63, 3.8) is 0 Å². The molecule has 1 heterocycles. The third-order valence-corrected chi connectivity index (χ3v) is 4.54. The fourth-order valence-corrected chi connectivity index (χ4v) is 3.11. The first-order valence-corrected chi connectivity index (χ1v) is 9.09. The van der Waals surface area contributed by atoms with Crippen molar-refractivity contribution in [2.24, 2.45) is 4.99 Å². The van der Waals surface area contributed by atoms with Gasteiger partial charge >= 0.3 is 5.97 Å². The van der Waals surface area contributed by atoms with E-state index in [9.17, 15) is 14.0 Å². The van der Waals surface area contributed by atoms with Crippen LogP contribution in [0.2, 0.25) is 0 Å². The van der Waals surface area contributed by atoms with E-state index in [0.717, 1.165) is 11.6 Å². The molecule has 0 atom stereocenters. The Kier molecular flexibility index (Phi) is 5.93. The van der Waals surface area contributed by atoms with Crippen molar-refractivity contribution in [2.75, 3.05) is 6.61 Å². The van der Waals surface area contributed by atoms with E-state index >= 15 is 0 Å². The SMILES string of the molecule is Cc1ccc(Cn2ccsc2=NC(=O)COC(=O)c2cccc(F)c2)cc1. The molecule has 1 aromatic heterocycles. The van der Waals surface area contributed by atoms with Crippen molar-refractivity contribution in [3.8, 4) is 0 Å². The number of carbonyl (C=O) groups excluding carboxylic acids is 2. The van der Waals surface area contributed by atoms with Gasteiger partial charge in [0.05, 0.1) is 5.56 Å². The number of aromatic nitrogens is 1. The van der Waals surface area contributed by atoms with Gasteiger partial charge in [0.15, 0.2) is 11.4 Å². The molecular formula is C20H17FN2O3S. The van der Waals surface area contributed by atoms with Crippen LogP contribution in [0.4, 0.5) is 4.39 Å². The second-order valence-corrected chi connectivity index (χ2v) is 6.76. The van der Waals surface area contributed by atoms with E-state index in [1.807, 2.05) is 47.3 Å². The molecule has 0 spiro atoms. The number of carbonyl (C=O) groups is 2. The van der Waals surface area contributed by atoms with Crippen molar-refractivity contribution in [1.29, 1.82) is 0 Å². The fourth-order valence-electron chi connectivity index (χ4n) is 2.36. The van der Waals surface area contributed by atoms with Gasteiger partial charge in [-0.3, -0.25) is 4.79 Å². The molecule has 0 unspecified atom stereocenters. The molecule has 0 radical (unpaired) electrons. The predicted octanol–water partition coefficient (Wildman–Crippen LogP) is 3.33. The standard InChI is InChI=1S/C20H17FN2O3S/c1-14-5-7-15(8-6-14)12-23-9-10-27-20(23)22-18(24)13-26-19(25)16-3-2-4-17(21)11-16/h2-11H,12-13H2,1H3. The largest absolute Gasteiger partial charge is 0.452 e. The van der Waals surface area contributed by atoms with Crippen LogP contribution in [0, 0.1) is 12.7 Å². The normalized spacial score (nSPS) is 11.4. The Labute approximate surface area is 159 Å². The van der Waals surface area contributed by atoms with Crippen LogP contribution in [-0.2, 0) is 16.1 Å². The summed E-state index contributed by atoms with van der Waals surface area (Å²) in [6, 6.07) is 13.2. The molecule has 2 aromatic carbocycles. The van der Waals surface area contributed by atoms with Gasteiger partial charge in [-0.05, 0) is 30.7 Å². The molecule has 0 saturated carbocycles. The highest BCUT2D eigenvalue weighted by Gasteiger charge is 2.11. The Morgan fingerprint density at radius 2 is 1.96 bits per heavy atom. The van der Waals surface area contributed by atoms with Crippen LogP contribution >= 0.6 is 11.3 Å². The van der Waals surface area contributed by atoms with E-state index in [1.165, 1.54) is 35.1 Å². The summed E-state index contributed by atoms with van der Waals surface area (Å²) >= 11 is 1.32. The number of halogens is 1.